The molecule has 102 valence electrons. The van der Waals surface area contributed by atoms with Gasteiger partial charge in [0.15, 0.2) is 5.82 Å². The largest absolute Gasteiger partial charge is 0.481 e. The van der Waals surface area contributed by atoms with Crippen molar-refractivity contribution in [2.24, 2.45) is 5.92 Å². The highest BCUT2D eigenvalue weighted by Crippen LogP contribution is 2.35. The second-order valence-electron chi connectivity index (χ2n) is 5.57. The third-order valence-electron chi connectivity index (χ3n) is 4.29. The van der Waals surface area contributed by atoms with Gasteiger partial charge >= 0.3 is 5.97 Å². The van der Waals surface area contributed by atoms with Crippen LogP contribution in [0, 0.1) is 5.92 Å². The first-order valence-corrected chi connectivity index (χ1v) is 7.05. The van der Waals surface area contributed by atoms with Crippen molar-refractivity contribution < 1.29 is 9.90 Å². The molecule has 1 aromatic rings. The summed E-state index contributed by atoms with van der Waals surface area (Å²) in [6.45, 7) is 1.42. The highest BCUT2D eigenvalue weighted by molar-refractivity contribution is 5.71. The number of anilines is 1. The van der Waals surface area contributed by atoms with E-state index >= 15 is 0 Å². The van der Waals surface area contributed by atoms with Crippen LogP contribution in [-0.4, -0.2) is 34.4 Å². The Labute approximate surface area is 112 Å². The van der Waals surface area contributed by atoms with E-state index in [1.807, 2.05) is 11.0 Å². The number of aromatic nitrogens is 2. The molecule has 0 radical (unpaired) electrons. The molecule has 0 amide bonds. The fraction of sp³-hybridized carbons (Fsp3) is 0.643. The summed E-state index contributed by atoms with van der Waals surface area (Å²) in [5.74, 6) is 0.425. The van der Waals surface area contributed by atoms with Gasteiger partial charge in [0.05, 0.1) is 11.6 Å². The lowest BCUT2D eigenvalue weighted by Gasteiger charge is -2.31. The van der Waals surface area contributed by atoms with Crippen molar-refractivity contribution in [2.75, 3.05) is 18.0 Å². The maximum absolute atomic E-state index is 11.1. The van der Waals surface area contributed by atoms with Gasteiger partial charge in [-0.3, -0.25) is 4.79 Å². The number of piperidine rings is 1. The fourth-order valence-corrected chi connectivity index (χ4v) is 2.81. The lowest BCUT2D eigenvalue weighted by Crippen LogP contribution is -2.39. The van der Waals surface area contributed by atoms with Crippen molar-refractivity contribution in [3.63, 3.8) is 0 Å². The molecule has 1 N–H and O–H groups in total. The third-order valence-corrected chi connectivity index (χ3v) is 4.29. The van der Waals surface area contributed by atoms with Crippen LogP contribution in [0.1, 0.15) is 43.7 Å². The zero-order valence-corrected chi connectivity index (χ0v) is 11.0. The minimum Gasteiger partial charge on any atom is -0.481 e. The molecule has 0 aromatic carbocycles. The monoisotopic (exact) mass is 261 g/mol. The highest BCUT2D eigenvalue weighted by atomic mass is 16.4. The van der Waals surface area contributed by atoms with E-state index in [4.69, 9.17) is 5.11 Å². The second kappa shape index (κ2) is 5.15. The van der Waals surface area contributed by atoms with Crippen LogP contribution in [0.4, 0.5) is 5.82 Å². The summed E-state index contributed by atoms with van der Waals surface area (Å²) in [6, 6.07) is 4.04. The topological polar surface area (TPSA) is 66.3 Å². The molecule has 5 nitrogen and oxygen atoms in total. The Bertz CT molecular complexity index is 456. The van der Waals surface area contributed by atoms with Crippen molar-refractivity contribution in [1.82, 2.24) is 10.2 Å². The quantitative estimate of drug-likeness (QED) is 0.902. The first kappa shape index (κ1) is 12.4. The number of carboxylic acid groups (broad SMARTS) is 1. The normalized spacial score (nSPS) is 24.0. The zero-order valence-electron chi connectivity index (χ0n) is 11.0. The number of hydrogen-bond acceptors (Lipinski definition) is 4. The van der Waals surface area contributed by atoms with E-state index in [2.05, 4.69) is 16.3 Å². The van der Waals surface area contributed by atoms with Crippen LogP contribution in [0.5, 0.6) is 0 Å². The van der Waals surface area contributed by atoms with Gasteiger partial charge in [0.2, 0.25) is 0 Å². The van der Waals surface area contributed by atoms with Gasteiger partial charge in [-0.1, -0.05) is 6.42 Å². The van der Waals surface area contributed by atoms with Crippen LogP contribution in [-0.2, 0) is 4.79 Å². The van der Waals surface area contributed by atoms with Crippen molar-refractivity contribution in [2.45, 2.75) is 38.0 Å². The molecular formula is C14H19N3O2. The molecule has 1 saturated heterocycles. The average molecular weight is 261 g/mol. The number of aliphatic carboxylic acids is 1. The van der Waals surface area contributed by atoms with Gasteiger partial charge in [0.1, 0.15) is 0 Å². The Balaban J connectivity index is 1.69. The van der Waals surface area contributed by atoms with Gasteiger partial charge in [-0.15, -0.1) is 5.10 Å². The summed E-state index contributed by atoms with van der Waals surface area (Å²) in [7, 11) is 0. The van der Waals surface area contributed by atoms with Crippen LogP contribution < -0.4 is 4.90 Å². The summed E-state index contributed by atoms with van der Waals surface area (Å²) in [5, 5.41) is 17.7. The zero-order chi connectivity index (χ0) is 13.2. The van der Waals surface area contributed by atoms with Crippen molar-refractivity contribution >= 4 is 11.8 Å². The van der Waals surface area contributed by atoms with Crippen LogP contribution >= 0.6 is 0 Å². The van der Waals surface area contributed by atoms with Gasteiger partial charge in [-0.25, -0.2) is 0 Å². The number of carbonyl (C=O) groups is 1. The molecule has 2 aliphatic rings. The molecular weight excluding hydrogens is 242 g/mol. The molecule has 2 heterocycles. The molecule has 5 heteroatoms. The second-order valence-corrected chi connectivity index (χ2v) is 5.57. The Kier molecular flexibility index (Phi) is 3.36. The SMILES string of the molecule is O=C(O)C1CCCN(c2ccc(C3CCC3)nn2)C1. The average Bonchev–Trinajstić information content (AvgIpc) is 2.38. The van der Waals surface area contributed by atoms with E-state index < -0.39 is 5.97 Å². The molecule has 19 heavy (non-hydrogen) atoms. The van der Waals surface area contributed by atoms with E-state index in [1.54, 1.807) is 0 Å². The standard InChI is InChI=1S/C14H19N3O2/c18-14(19)11-5-2-8-17(9-11)13-7-6-12(15-16-13)10-3-1-4-10/h6-7,10-11H,1-5,8-9H2,(H,18,19). The molecule has 1 aliphatic carbocycles. The van der Waals surface area contributed by atoms with Crippen LogP contribution in [0.3, 0.4) is 0 Å². The van der Waals surface area contributed by atoms with E-state index in [-0.39, 0.29) is 5.92 Å². The molecule has 1 aliphatic heterocycles. The first-order valence-electron chi connectivity index (χ1n) is 7.05. The van der Waals surface area contributed by atoms with Crippen molar-refractivity contribution in [1.29, 1.82) is 0 Å². The molecule has 0 bridgehead atoms. The van der Waals surface area contributed by atoms with Gasteiger partial charge < -0.3 is 10.0 Å². The maximum atomic E-state index is 11.1. The smallest absolute Gasteiger partial charge is 0.308 e. The Morgan fingerprint density at radius 1 is 1.21 bits per heavy atom. The molecule has 0 spiro atoms. The number of carboxylic acids is 1. The molecule has 2 fully saturated rings. The van der Waals surface area contributed by atoms with E-state index in [0.717, 1.165) is 30.9 Å². The van der Waals surface area contributed by atoms with Gasteiger partial charge in [-0.2, -0.15) is 5.10 Å². The van der Waals surface area contributed by atoms with E-state index in [0.29, 0.717) is 12.5 Å². The lowest BCUT2D eigenvalue weighted by atomic mass is 9.83. The first-order chi connectivity index (χ1) is 9.24. The van der Waals surface area contributed by atoms with Gasteiger partial charge in [-0.05, 0) is 37.8 Å². The number of nitrogens with zero attached hydrogens (tertiary/aromatic N) is 3. The summed E-state index contributed by atoms with van der Waals surface area (Å²) in [5.41, 5.74) is 1.08. The molecule has 1 aromatic heterocycles. The van der Waals surface area contributed by atoms with Gasteiger partial charge in [0.25, 0.3) is 0 Å². The summed E-state index contributed by atoms with van der Waals surface area (Å²) in [4.78, 5) is 13.1. The van der Waals surface area contributed by atoms with E-state index in [9.17, 15) is 4.79 Å². The number of hydrogen-bond donors (Lipinski definition) is 1. The predicted octanol–water partition coefficient (Wildman–Crippen LogP) is 2.05. The third kappa shape index (κ3) is 2.55. The Morgan fingerprint density at radius 2 is 2.05 bits per heavy atom. The Hall–Kier alpha value is -1.65. The van der Waals surface area contributed by atoms with Crippen LogP contribution in [0.15, 0.2) is 12.1 Å². The van der Waals surface area contributed by atoms with Gasteiger partial charge in [0, 0.05) is 19.0 Å². The Morgan fingerprint density at radius 3 is 2.63 bits per heavy atom. The van der Waals surface area contributed by atoms with Crippen LogP contribution in [0.2, 0.25) is 0 Å². The minimum absolute atomic E-state index is 0.276. The molecule has 1 saturated carbocycles. The molecule has 1 unspecified atom stereocenters. The highest BCUT2D eigenvalue weighted by Gasteiger charge is 2.27. The number of rotatable bonds is 3. The fourth-order valence-electron chi connectivity index (χ4n) is 2.81. The van der Waals surface area contributed by atoms with Crippen molar-refractivity contribution in [3.8, 4) is 0 Å². The molecule has 3 rings (SSSR count). The van der Waals surface area contributed by atoms with Crippen molar-refractivity contribution in [3.05, 3.63) is 17.8 Å². The summed E-state index contributed by atoms with van der Waals surface area (Å²) in [6.07, 6.45) is 5.40. The summed E-state index contributed by atoms with van der Waals surface area (Å²) < 4.78 is 0. The lowest BCUT2D eigenvalue weighted by molar-refractivity contribution is -0.141. The predicted molar refractivity (Wildman–Crippen MR) is 71.2 cm³/mol. The maximum Gasteiger partial charge on any atom is 0.308 e. The molecule has 1 atom stereocenters. The minimum atomic E-state index is -0.705. The van der Waals surface area contributed by atoms with Crippen LogP contribution in [0.25, 0.3) is 0 Å². The summed E-state index contributed by atoms with van der Waals surface area (Å²) >= 11 is 0. The van der Waals surface area contributed by atoms with E-state index in [1.165, 1.54) is 19.3 Å².